The Kier molecular flexibility index (Phi) is 4.18. The van der Waals surface area contributed by atoms with E-state index in [1.165, 1.54) is 0 Å². The van der Waals surface area contributed by atoms with Crippen molar-refractivity contribution >= 4 is 17.5 Å². The van der Waals surface area contributed by atoms with Crippen molar-refractivity contribution < 1.29 is 4.79 Å². The highest BCUT2D eigenvalue weighted by atomic mass is 35.5. The summed E-state index contributed by atoms with van der Waals surface area (Å²) >= 11 is 6.02. The third kappa shape index (κ3) is 2.62. The fourth-order valence-corrected chi connectivity index (χ4v) is 3.13. The zero-order chi connectivity index (χ0) is 16.3. The zero-order valence-corrected chi connectivity index (χ0v) is 13.2. The molecule has 0 aromatic heterocycles. The minimum atomic E-state index is -1.05. The predicted molar refractivity (Wildman–Crippen MR) is 93.4 cm³/mol. The van der Waals surface area contributed by atoms with E-state index < -0.39 is 11.3 Å². The molecule has 0 saturated carbocycles. The van der Waals surface area contributed by atoms with Crippen LogP contribution in [0.4, 0.5) is 0 Å². The summed E-state index contributed by atoms with van der Waals surface area (Å²) in [6.45, 7) is 0. The van der Waals surface area contributed by atoms with Gasteiger partial charge in [0.05, 0.1) is 0 Å². The molecule has 23 heavy (non-hydrogen) atoms. The molecular formula is C20H16ClNO. The van der Waals surface area contributed by atoms with Crippen LogP contribution in [0.3, 0.4) is 0 Å². The molecule has 3 aromatic carbocycles. The van der Waals surface area contributed by atoms with E-state index >= 15 is 0 Å². The van der Waals surface area contributed by atoms with E-state index in [4.69, 9.17) is 17.3 Å². The lowest BCUT2D eigenvalue weighted by Gasteiger charge is -2.32. The molecule has 0 radical (unpaired) electrons. The van der Waals surface area contributed by atoms with E-state index in [0.717, 1.165) is 16.7 Å². The maximum Gasteiger partial charge on any atom is 0.237 e. The summed E-state index contributed by atoms with van der Waals surface area (Å²) < 4.78 is 0. The van der Waals surface area contributed by atoms with E-state index in [-0.39, 0.29) is 0 Å². The third-order valence-corrected chi connectivity index (χ3v) is 4.31. The molecule has 3 heteroatoms. The largest absolute Gasteiger partial charge is 0.368 e. The van der Waals surface area contributed by atoms with Gasteiger partial charge in [0.15, 0.2) is 0 Å². The van der Waals surface area contributed by atoms with Crippen LogP contribution in [0.2, 0.25) is 5.02 Å². The number of amides is 1. The molecule has 3 rings (SSSR count). The van der Waals surface area contributed by atoms with Gasteiger partial charge in [0.25, 0.3) is 0 Å². The molecular weight excluding hydrogens is 306 g/mol. The lowest BCUT2D eigenvalue weighted by atomic mass is 9.69. The Morgan fingerprint density at radius 2 is 1.09 bits per heavy atom. The van der Waals surface area contributed by atoms with Gasteiger partial charge in [0, 0.05) is 5.02 Å². The summed E-state index contributed by atoms with van der Waals surface area (Å²) in [6.07, 6.45) is 0. The molecule has 0 aliphatic rings. The Hall–Kier alpha value is -2.58. The summed E-state index contributed by atoms with van der Waals surface area (Å²) in [5.74, 6) is -0.419. The molecule has 0 aliphatic carbocycles. The molecule has 0 fully saturated rings. The van der Waals surface area contributed by atoms with Crippen molar-refractivity contribution in [3.63, 3.8) is 0 Å². The molecule has 0 aliphatic heterocycles. The average molecular weight is 322 g/mol. The first-order chi connectivity index (χ1) is 11.2. The first kappa shape index (κ1) is 15.3. The number of benzene rings is 3. The molecule has 0 saturated heterocycles. The maximum absolute atomic E-state index is 12.7. The van der Waals surface area contributed by atoms with E-state index in [1.54, 1.807) is 12.1 Å². The highest BCUT2D eigenvalue weighted by molar-refractivity contribution is 6.30. The van der Waals surface area contributed by atoms with Crippen molar-refractivity contribution in [1.82, 2.24) is 0 Å². The highest BCUT2D eigenvalue weighted by Crippen LogP contribution is 2.39. The summed E-state index contributed by atoms with van der Waals surface area (Å²) in [5, 5.41) is 0.619. The Bertz CT molecular complexity index is 759. The normalized spacial score (nSPS) is 11.2. The SMILES string of the molecule is NC(=O)C(c1ccccc1)(c1ccccc1)c1ccc(Cl)cc1. The molecule has 2 N–H and O–H groups in total. The highest BCUT2D eigenvalue weighted by Gasteiger charge is 2.42. The van der Waals surface area contributed by atoms with Crippen molar-refractivity contribution in [2.24, 2.45) is 5.73 Å². The Morgan fingerprint density at radius 1 is 0.696 bits per heavy atom. The molecule has 0 spiro atoms. The smallest absolute Gasteiger partial charge is 0.237 e. The van der Waals surface area contributed by atoms with Gasteiger partial charge in [-0.2, -0.15) is 0 Å². The van der Waals surface area contributed by atoms with Gasteiger partial charge in [-0.05, 0) is 28.8 Å². The van der Waals surface area contributed by atoms with E-state index in [9.17, 15) is 4.79 Å². The van der Waals surface area contributed by atoms with Gasteiger partial charge in [0.1, 0.15) is 5.41 Å². The predicted octanol–water partition coefficient (Wildman–Crippen LogP) is 4.16. The Labute approximate surface area is 140 Å². The van der Waals surface area contributed by atoms with Crippen LogP contribution >= 0.6 is 11.6 Å². The van der Waals surface area contributed by atoms with Gasteiger partial charge in [-0.3, -0.25) is 4.79 Å². The quantitative estimate of drug-likeness (QED) is 0.720. The molecule has 2 nitrogen and oxygen atoms in total. The molecule has 0 bridgehead atoms. The van der Waals surface area contributed by atoms with Gasteiger partial charge in [-0.15, -0.1) is 0 Å². The number of carbonyl (C=O) groups excluding carboxylic acids is 1. The van der Waals surface area contributed by atoms with Crippen molar-refractivity contribution in [2.75, 3.05) is 0 Å². The minimum absolute atomic E-state index is 0.419. The Balaban J connectivity index is 2.36. The van der Waals surface area contributed by atoms with Gasteiger partial charge in [-0.25, -0.2) is 0 Å². The number of rotatable bonds is 4. The van der Waals surface area contributed by atoms with Crippen LogP contribution in [0, 0.1) is 0 Å². The number of nitrogens with two attached hydrogens (primary N) is 1. The van der Waals surface area contributed by atoms with Crippen LogP contribution in [-0.2, 0) is 10.2 Å². The van der Waals surface area contributed by atoms with E-state index in [0.29, 0.717) is 5.02 Å². The first-order valence-corrected chi connectivity index (χ1v) is 7.70. The summed E-state index contributed by atoms with van der Waals surface area (Å²) in [7, 11) is 0. The second-order valence-electron chi connectivity index (χ2n) is 5.35. The molecule has 0 unspecified atom stereocenters. The van der Waals surface area contributed by atoms with Crippen molar-refractivity contribution in [3.8, 4) is 0 Å². The van der Waals surface area contributed by atoms with Crippen LogP contribution in [-0.4, -0.2) is 5.91 Å². The Morgan fingerprint density at radius 3 is 1.48 bits per heavy atom. The number of primary amides is 1. The first-order valence-electron chi connectivity index (χ1n) is 7.32. The lowest BCUT2D eigenvalue weighted by molar-refractivity contribution is -0.120. The minimum Gasteiger partial charge on any atom is -0.368 e. The lowest BCUT2D eigenvalue weighted by Crippen LogP contribution is -2.43. The average Bonchev–Trinajstić information content (AvgIpc) is 2.59. The topological polar surface area (TPSA) is 43.1 Å². The molecule has 1 amide bonds. The number of hydrogen-bond donors (Lipinski definition) is 1. The maximum atomic E-state index is 12.7. The van der Waals surface area contributed by atoms with Gasteiger partial charge < -0.3 is 5.73 Å². The monoisotopic (exact) mass is 321 g/mol. The van der Waals surface area contributed by atoms with E-state index in [2.05, 4.69) is 0 Å². The standard InChI is InChI=1S/C20H16ClNO/c21-18-13-11-17(12-14-18)20(19(22)23,15-7-3-1-4-8-15)16-9-5-2-6-10-16/h1-14H,(H2,22,23). The van der Waals surface area contributed by atoms with Crippen LogP contribution in [0.5, 0.6) is 0 Å². The molecule has 0 atom stereocenters. The third-order valence-electron chi connectivity index (χ3n) is 4.06. The van der Waals surface area contributed by atoms with Crippen molar-refractivity contribution in [3.05, 3.63) is 107 Å². The zero-order valence-electron chi connectivity index (χ0n) is 12.4. The molecule has 0 heterocycles. The second-order valence-corrected chi connectivity index (χ2v) is 5.79. The fraction of sp³-hybridized carbons (Fsp3) is 0.0500. The fourth-order valence-electron chi connectivity index (χ4n) is 3.00. The molecule has 114 valence electrons. The number of halogens is 1. The summed E-state index contributed by atoms with van der Waals surface area (Å²) in [5.41, 5.74) is 7.35. The van der Waals surface area contributed by atoms with Crippen LogP contribution in [0.25, 0.3) is 0 Å². The summed E-state index contributed by atoms with van der Waals surface area (Å²) in [4.78, 5) is 12.7. The summed E-state index contributed by atoms with van der Waals surface area (Å²) in [6, 6.07) is 26.4. The molecule has 3 aromatic rings. The second kappa shape index (κ2) is 6.27. The van der Waals surface area contributed by atoms with Gasteiger partial charge in [0.2, 0.25) is 5.91 Å². The van der Waals surface area contributed by atoms with Crippen LogP contribution in [0.15, 0.2) is 84.9 Å². The van der Waals surface area contributed by atoms with Gasteiger partial charge >= 0.3 is 0 Å². The number of hydrogen-bond acceptors (Lipinski definition) is 1. The van der Waals surface area contributed by atoms with E-state index in [1.807, 2.05) is 72.8 Å². The van der Waals surface area contributed by atoms with Crippen molar-refractivity contribution in [1.29, 1.82) is 0 Å². The van der Waals surface area contributed by atoms with Gasteiger partial charge in [-0.1, -0.05) is 84.4 Å². The number of carbonyl (C=O) groups is 1. The van der Waals surface area contributed by atoms with Crippen molar-refractivity contribution in [2.45, 2.75) is 5.41 Å². The van der Waals surface area contributed by atoms with Crippen LogP contribution in [0.1, 0.15) is 16.7 Å². The van der Waals surface area contributed by atoms with Crippen LogP contribution < -0.4 is 5.73 Å².